The van der Waals surface area contributed by atoms with Crippen molar-refractivity contribution in [1.82, 2.24) is 0 Å². The second-order valence-corrected chi connectivity index (χ2v) is 2.53. The number of alkyl halides is 2. The van der Waals surface area contributed by atoms with Crippen molar-refractivity contribution in [3.05, 3.63) is 0 Å². The fraction of sp³-hybridized carbons (Fsp3) is 1.00. The van der Waals surface area contributed by atoms with Crippen molar-refractivity contribution in [2.45, 2.75) is 11.4 Å². The lowest BCUT2D eigenvalue weighted by Gasteiger charge is -2.01. The van der Waals surface area contributed by atoms with Crippen LogP contribution in [-0.2, 0) is 10.1 Å². The first kappa shape index (κ1) is 6.50. The Balaban J connectivity index is 3.17. The average Bonchev–Trinajstić information content (AvgIpc) is 1.35. The molecule has 0 saturated carbocycles. The van der Waals surface area contributed by atoms with Crippen LogP contribution in [0.15, 0.2) is 0 Å². The molecule has 2 nitrogen and oxygen atoms in total. The van der Waals surface area contributed by atoms with Crippen LogP contribution in [0, 0.1) is 0 Å². The quantitative estimate of drug-likeness (QED) is 0.300. The average molecular weight is 130 g/mol. The van der Waals surface area contributed by atoms with Gasteiger partial charge in [-0.15, -0.1) is 0 Å². The monoisotopic (exact) mass is 129 g/mol. The maximum Gasteiger partial charge on any atom is 0.250 e. The third-order valence-corrected chi connectivity index (χ3v) is 0.272. The third-order valence-electron chi connectivity index (χ3n) is 0.146. The minimum atomic E-state index is -1.57. The Morgan fingerprint density at radius 3 is 1.83 bits per heavy atom. The first-order valence-electron chi connectivity index (χ1n) is 1.25. The van der Waals surface area contributed by atoms with Gasteiger partial charge in [0, 0.05) is 0 Å². The summed E-state index contributed by atoms with van der Waals surface area (Å²) < 4.78 is -1.57. The molecule has 0 aromatic rings. The van der Waals surface area contributed by atoms with Crippen molar-refractivity contribution in [2.75, 3.05) is 0 Å². The minimum absolute atomic E-state index is 1.24. The summed E-state index contributed by atoms with van der Waals surface area (Å²) in [5.41, 5.74) is 0. The summed E-state index contributed by atoms with van der Waals surface area (Å²) in [5, 5.41) is 9.19. The van der Waals surface area contributed by atoms with Gasteiger partial charge < -0.3 is 0 Å². The summed E-state index contributed by atoms with van der Waals surface area (Å²) in [6.07, 6.45) is 0. The lowest BCUT2D eigenvalue weighted by atomic mass is 10.9. The standard InChI is InChI=1S/C2H3Cl2O2/c1-2(3,4)6-5/h1H3. The topological polar surface area (TPSA) is 29.1 Å². The van der Waals surface area contributed by atoms with Crippen molar-refractivity contribution in [3.63, 3.8) is 0 Å². The summed E-state index contributed by atoms with van der Waals surface area (Å²) in [5.74, 6) is 0. The summed E-state index contributed by atoms with van der Waals surface area (Å²) in [6, 6.07) is 0. The second kappa shape index (κ2) is 1.98. The van der Waals surface area contributed by atoms with Gasteiger partial charge in [-0.2, -0.15) is 4.89 Å². The van der Waals surface area contributed by atoms with Gasteiger partial charge in [0.2, 0.25) is 4.52 Å². The molecule has 0 aliphatic rings. The zero-order valence-corrected chi connectivity index (χ0v) is 4.58. The maximum atomic E-state index is 9.19. The highest BCUT2D eigenvalue weighted by atomic mass is 35.5. The van der Waals surface area contributed by atoms with Gasteiger partial charge in [-0.3, -0.25) is 0 Å². The van der Waals surface area contributed by atoms with E-state index in [1.165, 1.54) is 6.92 Å². The van der Waals surface area contributed by atoms with Gasteiger partial charge in [-0.25, -0.2) is 0 Å². The first-order chi connectivity index (χ1) is 2.56. The van der Waals surface area contributed by atoms with Crippen LogP contribution in [0.1, 0.15) is 6.92 Å². The van der Waals surface area contributed by atoms with Crippen LogP contribution in [0.2, 0.25) is 0 Å². The molecule has 0 aromatic heterocycles. The van der Waals surface area contributed by atoms with Gasteiger partial charge in [0.05, 0.1) is 0 Å². The van der Waals surface area contributed by atoms with E-state index in [0.29, 0.717) is 0 Å². The van der Waals surface area contributed by atoms with E-state index < -0.39 is 4.52 Å². The molecule has 0 rings (SSSR count). The van der Waals surface area contributed by atoms with E-state index in [4.69, 9.17) is 23.2 Å². The van der Waals surface area contributed by atoms with E-state index >= 15 is 0 Å². The van der Waals surface area contributed by atoms with E-state index in [1.54, 1.807) is 0 Å². The molecule has 6 heavy (non-hydrogen) atoms. The molecular formula is C2H3Cl2O2. The normalized spacial score (nSPS) is 12.0. The van der Waals surface area contributed by atoms with Crippen LogP contribution in [0.4, 0.5) is 0 Å². The number of hydrogen-bond donors (Lipinski definition) is 0. The van der Waals surface area contributed by atoms with Crippen molar-refractivity contribution in [2.24, 2.45) is 0 Å². The molecule has 0 atom stereocenters. The molecular weight excluding hydrogens is 127 g/mol. The van der Waals surface area contributed by atoms with Crippen molar-refractivity contribution in [1.29, 1.82) is 0 Å². The van der Waals surface area contributed by atoms with Crippen LogP contribution in [0.3, 0.4) is 0 Å². The fourth-order valence-corrected chi connectivity index (χ4v) is 0. The molecule has 0 fully saturated rings. The Kier molecular flexibility index (Phi) is 2.15. The summed E-state index contributed by atoms with van der Waals surface area (Å²) in [7, 11) is 0. The Morgan fingerprint density at radius 2 is 1.83 bits per heavy atom. The molecule has 0 aliphatic carbocycles. The summed E-state index contributed by atoms with van der Waals surface area (Å²) in [6.45, 7) is 1.24. The van der Waals surface area contributed by atoms with Gasteiger partial charge in [0.15, 0.2) is 0 Å². The van der Waals surface area contributed by atoms with Crippen LogP contribution in [0.25, 0.3) is 0 Å². The fourth-order valence-electron chi connectivity index (χ4n) is 0. The van der Waals surface area contributed by atoms with Crippen LogP contribution in [0.5, 0.6) is 0 Å². The zero-order chi connectivity index (χ0) is 5.21. The molecule has 1 radical (unpaired) electrons. The van der Waals surface area contributed by atoms with E-state index in [0.717, 1.165) is 0 Å². The van der Waals surface area contributed by atoms with Gasteiger partial charge in [-0.1, -0.05) is 23.2 Å². The molecule has 0 aromatic carbocycles. The Morgan fingerprint density at radius 1 is 1.67 bits per heavy atom. The van der Waals surface area contributed by atoms with Gasteiger partial charge in [-0.05, 0) is 12.2 Å². The maximum absolute atomic E-state index is 9.19. The molecule has 0 saturated heterocycles. The molecule has 0 heterocycles. The largest absolute Gasteiger partial charge is 0.250 e. The van der Waals surface area contributed by atoms with Crippen molar-refractivity contribution >= 4 is 23.2 Å². The van der Waals surface area contributed by atoms with Crippen molar-refractivity contribution in [3.8, 4) is 0 Å². The third kappa shape index (κ3) is 4.50. The van der Waals surface area contributed by atoms with Crippen LogP contribution >= 0.6 is 23.2 Å². The highest BCUT2D eigenvalue weighted by Crippen LogP contribution is 2.18. The molecule has 0 aliphatic heterocycles. The molecule has 0 unspecified atom stereocenters. The Hall–Kier alpha value is 0.500. The summed E-state index contributed by atoms with van der Waals surface area (Å²) >= 11 is 9.90. The Labute approximate surface area is 45.5 Å². The number of hydrogen-bond acceptors (Lipinski definition) is 1. The molecule has 37 valence electrons. The first-order valence-corrected chi connectivity index (χ1v) is 2.00. The Bertz CT molecular complexity index is 39.3. The number of halogens is 2. The van der Waals surface area contributed by atoms with E-state index in [1.807, 2.05) is 0 Å². The lowest BCUT2D eigenvalue weighted by Crippen LogP contribution is -2.06. The highest BCUT2D eigenvalue weighted by molar-refractivity contribution is 6.46. The van der Waals surface area contributed by atoms with Gasteiger partial charge >= 0.3 is 0 Å². The predicted molar refractivity (Wildman–Crippen MR) is 21.9 cm³/mol. The van der Waals surface area contributed by atoms with Gasteiger partial charge in [0.25, 0.3) is 0 Å². The highest BCUT2D eigenvalue weighted by Gasteiger charge is 2.15. The second-order valence-electron chi connectivity index (χ2n) is 0.891. The smallest absolute Gasteiger partial charge is 0.164 e. The number of rotatable bonds is 1. The molecule has 0 spiro atoms. The SMILES string of the molecule is CC(Cl)(Cl)O[O]. The van der Waals surface area contributed by atoms with E-state index in [2.05, 4.69) is 4.89 Å². The van der Waals surface area contributed by atoms with Crippen molar-refractivity contribution < 1.29 is 10.1 Å². The molecule has 4 heteroatoms. The van der Waals surface area contributed by atoms with Crippen LogP contribution in [-0.4, -0.2) is 4.52 Å². The van der Waals surface area contributed by atoms with E-state index in [9.17, 15) is 5.26 Å². The molecule has 0 N–H and O–H groups in total. The molecule has 0 bridgehead atoms. The lowest BCUT2D eigenvalue weighted by molar-refractivity contribution is -0.324. The zero-order valence-electron chi connectivity index (χ0n) is 3.07. The predicted octanol–water partition coefficient (Wildman–Crippen LogP) is 1.50. The van der Waals surface area contributed by atoms with Crippen LogP contribution < -0.4 is 0 Å². The minimum Gasteiger partial charge on any atom is -0.164 e. The molecule has 0 amide bonds. The van der Waals surface area contributed by atoms with E-state index in [-0.39, 0.29) is 0 Å². The summed E-state index contributed by atoms with van der Waals surface area (Å²) in [4.78, 5) is 3.22. The van der Waals surface area contributed by atoms with Gasteiger partial charge in [0.1, 0.15) is 0 Å².